The second-order valence-corrected chi connectivity index (χ2v) is 6.31. The first-order valence-electron chi connectivity index (χ1n) is 6.39. The van der Waals surface area contributed by atoms with E-state index in [0.717, 1.165) is 16.6 Å². The molecule has 1 aromatic carbocycles. The summed E-state index contributed by atoms with van der Waals surface area (Å²) < 4.78 is 1.15. The molecule has 3 nitrogen and oxygen atoms in total. The van der Waals surface area contributed by atoms with E-state index >= 15 is 0 Å². The highest BCUT2D eigenvalue weighted by Crippen LogP contribution is 2.28. The number of benzene rings is 1. The summed E-state index contributed by atoms with van der Waals surface area (Å²) in [5, 5.41) is 8.18. The molecule has 0 bridgehead atoms. The number of carbonyl (C=O) groups is 1. The van der Waals surface area contributed by atoms with Crippen molar-refractivity contribution in [3.63, 3.8) is 0 Å². The first kappa shape index (κ1) is 15.2. The first-order chi connectivity index (χ1) is 9.61. The highest BCUT2D eigenvalue weighted by molar-refractivity contribution is 9.10. The molecule has 2 rings (SSSR count). The molecule has 5 heteroatoms. The van der Waals surface area contributed by atoms with Gasteiger partial charge in [-0.2, -0.15) is 0 Å². The van der Waals surface area contributed by atoms with Crippen molar-refractivity contribution in [2.75, 3.05) is 7.05 Å². The lowest BCUT2D eigenvalue weighted by Gasteiger charge is -2.13. The number of nitrogens with one attached hydrogen (secondary N) is 2. The Morgan fingerprint density at radius 1 is 1.30 bits per heavy atom. The minimum atomic E-state index is -0.0552. The van der Waals surface area contributed by atoms with Gasteiger partial charge in [-0.1, -0.05) is 12.1 Å². The van der Waals surface area contributed by atoms with Gasteiger partial charge in [0.25, 0.3) is 5.91 Å². The lowest BCUT2D eigenvalue weighted by Crippen LogP contribution is -2.19. The molecular weight excluding hydrogens is 336 g/mol. The molecule has 106 valence electrons. The van der Waals surface area contributed by atoms with Gasteiger partial charge in [-0.25, -0.2) is 0 Å². The fourth-order valence-electron chi connectivity index (χ4n) is 1.90. The van der Waals surface area contributed by atoms with E-state index in [0.29, 0.717) is 11.6 Å². The number of carbonyl (C=O) groups excluding carboxylic acids is 1. The van der Waals surface area contributed by atoms with Crippen molar-refractivity contribution in [2.45, 2.75) is 19.5 Å². The van der Waals surface area contributed by atoms with Crippen LogP contribution in [0.15, 0.2) is 40.2 Å². The number of rotatable bonds is 5. The zero-order valence-electron chi connectivity index (χ0n) is 11.4. The fraction of sp³-hybridized carbons (Fsp3) is 0.267. The summed E-state index contributed by atoms with van der Waals surface area (Å²) in [4.78, 5) is 12.8. The smallest absolute Gasteiger partial charge is 0.251 e. The molecule has 1 aromatic heterocycles. The van der Waals surface area contributed by atoms with Crippen LogP contribution in [0.5, 0.6) is 0 Å². The highest BCUT2D eigenvalue weighted by atomic mass is 79.9. The minimum Gasteiger partial charge on any atom is -0.355 e. The van der Waals surface area contributed by atoms with Crippen LogP contribution in [0.3, 0.4) is 0 Å². The van der Waals surface area contributed by atoms with Gasteiger partial charge in [0.2, 0.25) is 0 Å². The number of hydrogen-bond donors (Lipinski definition) is 2. The predicted molar refractivity (Wildman–Crippen MR) is 87.1 cm³/mol. The maximum absolute atomic E-state index is 11.5. The predicted octanol–water partition coefficient (Wildman–Crippen LogP) is 3.72. The molecule has 1 amide bonds. The summed E-state index contributed by atoms with van der Waals surface area (Å²) in [6.07, 6.45) is 0. The van der Waals surface area contributed by atoms with Crippen LogP contribution in [0.1, 0.15) is 33.8 Å². The second kappa shape index (κ2) is 7.02. The van der Waals surface area contributed by atoms with Crippen LogP contribution in [0.4, 0.5) is 0 Å². The fourth-order valence-corrected chi connectivity index (χ4v) is 3.65. The molecule has 0 fully saturated rings. The van der Waals surface area contributed by atoms with Crippen molar-refractivity contribution in [1.29, 1.82) is 0 Å². The number of hydrogen-bond acceptors (Lipinski definition) is 3. The molecule has 0 spiro atoms. The Hall–Kier alpha value is -1.17. The summed E-state index contributed by atoms with van der Waals surface area (Å²) in [5.74, 6) is -0.0552. The van der Waals surface area contributed by atoms with Crippen molar-refractivity contribution < 1.29 is 4.79 Å². The second-order valence-electron chi connectivity index (χ2n) is 4.51. The van der Waals surface area contributed by atoms with Gasteiger partial charge in [-0.3, -0.25) is 4.79 Å². The van der Waals surface area contributed by atoms with Crippen LogP contribution in [0.25, 0.3) is 0 Å². The van der Waals surface area contributed by atoms with Crippen molar-refractivity contribution in [1.82, 2.24) is 10.6 Å². The Balaban J connectivity index is 1.94. The maximum Gasteiger partial charge on any atom is 0.251 e. The van der Waals surface area contributed by atoms with Gasteiger partial charge in [0.05, 0.1) is 0 Å². The van der Waals surface area contributed by atoms with E-state index in [9.17, 15) is 4.79 Å². The van der Waals surface area contributed by atoms with E-state index in [1.165, 1.54) is 4.88 Å². The van der Waals surface area contributed by atoms with E-state index in [2.05, 4.69) is 44.9 Å². The molecular formula is C15H17BrN2OS. The molecule has 1 unspecified atom stereocenters. The van der Waals surface area contributed by atoms with Gasteiger partial charge in [0.15, 0.2) is 0 Å². The topological polar surface area (TPSA) is 41.1 Å². The summed E-state index contributed by atoms with van der Waals surface area (Å²) in [7, 11) is 1.64. The quantitative estimate of drug-likeness (QED) is 0.860. The first-order valence-corrected chi connectivity index (χ1v) is 8.06. The summed E-state index contributed by atoms with van der Waals surface area (Å²) >= 11 is 5.29. The van der Waals surface area contributed by atoms with Gasteiger partial charge in [-0.15, -0.1) is 11.3 Å². The number of amides is 1. The minimum absolute atomic E-state index is 0.0552. The van der Waals surface area contributed by atoms with Gasteiger partial charge in [-0.05, 0) is 52.0 Å². The lowest BCUT2D eigenvalue weighted by molar-refractivity contribution is 0.0963. The van der Waals surface area contributed by atoms with Crippen LogP contribution in [-0.2, 0) is 6.54 Å². The van der Waals surface area contributed by atoms with E-state index in [-0.39, 0.29) is 5.91 Å². The van der Waals surface area contributed by atoms with Crippen LogP contribution >= 0.6 is 27.3 Å². The SMILES string of the molecule is CNC(=O)c1ccc(CNC(C)c2sccc2Br)cc1. The molecule has 1 heterocycles. The molecule has 0 saturated carbocycles. The Morgan fingerprint density at radius 3 is 2.55 bits per heavy atom. The average Bonchev–Trinajstić information content (AvgIpc) is 2.90. The summed E-state index contributed by atoms with van der Waals surface area (Å²) in [6.45, 7) is 2.93. The van der Waals surface area contributed by atoms with Gasteiger partial charge in [0.1, 0.15) is 0 Å². The van der Waals surface area contributed by atoms with E-state index in [1.54, 1.807) is 18.4 Å². The van der Waals surface area contributed by atoms with Crippen molar-refractivity contribution in [3.8, 4) is 0 Å². The molecule has 20 heavy (non-hydrogen) atoms. The Morgan fingerprint density at radius 2 is 2.00 bits per heavy atom. The molecule has 0 aliphatic heterocycles. The summed E-state index contributed by atoms with van der Waals surface area (Å²) in [6, 6.07) is 10.0. The summed E-state index contributed by atoms with van der Waals surface area (Å²) in [5.41, 5.74) is 1.85. The van der Waals surface area contributed by atoms with Gasteiger partial charge >= 0.3 is 0 Å². The zero-order chi connectivity index (χ0) is 14.5. The molecule has 2 N–H and O–H groups in total. The van der Waals surface area contributed by atoms with Crippen molar-refractivity contribution in [3.05, 3.63) is 56.2 Å². The number of halogens is 1. The Labute approximate surface area is 131 Å². The maximum atomic E-state index is 11.5. The van der Waals surface area contributed by atoms with Crippen LogP contribution in [0, 0.1) is 0 Å². The molecule has 0 aliphatic carbocycles. The lowest BCUT2D eigenvalue weighted by atomic mass is 10.1. The Kier molecular flexibility index (Phi) is 5.34. The zero-order valence-corrected chi connectivity index (χ0v) is 13.8. The molecule has 2 aromatic rings. The van der Waals surface area contributed by atoms with Gasteiger partial charge in [0, 0.05) is 34.5 Å². The molecule has 1 atom stereocenters. The third kappa shape index (κ3) is 3.69. The van der Waals surface area contributed by atoms with Crippen LogP contribution in [0.2, 0.25) is 0 Å². The third-order valence-electron chi connectivity index (χ3n) is 3.09. The van der Waals surface area contributed by atoms with Crippen molar-refractivity contribution in [2.24, 2.45) is 0 Å². The number of thiophene rings is 1. The van der Waals surface area contributed by atoms with Gasteiger partial charge < -0.3 is 10.6 Å². The van der Waals surface area contributed by atoms with Crippen LogP contribution in [-0.4, -0.2) is 13.0 Å². The van der Waals surface area contributed by atoms with Crippen LogP contribution < -0.4 is 10.6 Å². The molecule has 0 radical (unpaired) electrons. The standard InChI is InChI=1S/C15H17BrN2OS/c1-10(14-13(16)7-8-20-14)18-9-11-3-5-12(6-4-11)15(19)17-2/h3-8,10,18H,9H2,1-2H3,(H,17,19). The highest BCUT2D eigenvalue weighted by Gasteiger charge is 2.10. The third-order valence-corrected chi connectivity index (χ3v) is 5.15. The van der Waals surface area contributed by atoms with Crippen molar-refractivity contribution >= 4 is 33.2 Å². The normalized spacial score (nSPS) is 12.2. The average molecular weight is 353 g/mol. The van der Waals surface area contributed by atoms with E-state index < -0.39 is 0 Å². The molecule has 0 aliphatic rings. The van der Waals surface area contributed by atoms with E-state index in [4.69, 9.17) is 0 Å². The largest absolute Gasteiger partial charge is 0.355 e. The monoisotopic (exact) mass is 352 g/mol. The Bertz CT molecular complexity index is 580. The molecule has 0 saturated heterocycles. The van der Waals surface area contributed by atoms with E-state index in [1.807, 2.05) is 24.3 Å².